The predicted molar refractivity (Wildman–Crippen MR) is 115 cm³/mol. The summed E-state index contributed by atoms with van der Waals surface area (Å²) in [6, 6.07) is 10.6. The average Bonchev–Trinajstić information content (AvgIpc) is 3.24. The molecule has 7 nitrogen and oxygen atoms in total. The van der Waals surface area contributed by atoms with Crippen LogP contribution in [0.3, 0.4) is 0 Å². The molecular formula is C19H17ClN4O3S2. The molecule has 4 rings (SSSR count). The van der Waals surface area contributed by atoms with E-state index in [1.54, 1.807) is 28.8 Å². The second-order valence-corrected chi connectivity index (χ2v) is 9.37. The Morgan fingerprint density at radius 3 is 2.52 bits per heavy atom. The van der Waals surface area contributed by atoms with E-state index in [1.807, 2.05) is 31.4 Å². The lowest BCUT2D eigenvalue weighted by Crippen LogP contribution is -2.15. The van der Waals surface area contributed by atoms with Crippen LogP contribution in [0.15, 0.2) is 46.7 Å². The summed E-state index contributed by atoms with van der Waals surface area (Å²) in [5.41, 5.74) is 3.48. The first-order chi connectivity index (χ1) is 13.8. The molecule has 2 aromatic carbocycles. The van der Waals surface area contributed by atoms with Crippen LogP contribution in [0.5, 0.6) is 5.75 Å². The number of methoxy groups -OCH3 is 1. The summed E-state index contributed by atoms with van der Waals surface area (Å²) in [5.74, 6) is 0.260. The van der Waals surface area contributed by atoms with Crippen molar-refractivity contribution < 1.29 is 13.2 Å². The van der Waals surface area contributed by atoms with Crippen LogP contribution < -0.4 is 9.46 Å². The Hall–Kier alpha value is -2.62. The van der Waals surface area contributed by atoms with Crippen LogP contribution in [0.1, 0.15) is 11.1 Å². The van der Waals surface area contributed by atoms with E-state index in [4.69, 9.17) is 16.3 Å². The van der Waals surface area contributed by atoms with Crippen LogP contribution in [-0.4, -0.2) is 30.1 Å². The van der Waals surface area contributed by atoms with Gasteiger partial charge in [-0.25, -0.2) is 17.7 Å². The monoisotopic (exact) mass is 448 g/mol. The van der Waals surface area contributed by atoms with Crippen molar-refractivity contribution in [1.29, 1.82) is 0 Å². The molecule has 0 spiro atoms. The Kier molecular flexibility index (Phi) is 4.97. The molecule has 0 aliphatic heterocycles. The van der Waals surface area contributed by atoms with Crippen LogP contribution >= 0.6 is 22.9 Å². The molecule has 0 aliphatic rings. The first-order valence-corrected chi connectivity index (χ1v) is 11.3. The fourth-order valence-electron chi connectivity index (χ4n) is 2.85. The maximum atomic E-state index is 12.9. The number of aryl methyl sites for hydroxylation is 2. The molecule has 0 unspecified atom stereocenters. The molecule has 1 N–H and O–H groups in total. The minimum atomic E-state index is -3.93. The third-order valence-electron chi connectivity index (χ3n) is 4.52. The number of rotatable bonds is 5. The number of benzene rings is 2. The SMILES string of the molecule is COc1cc(C)c(C)cc1S(=O)(=O)Nc1nc2scc(-c3ccc(Cl)cc3)n2n1. The molecule has 0 fully saturated rings. The zero-order chi connectivity index (χ0) is 20.8. The second kappa shape index (κ2) is 7.33. The summed E-state index contributed by atoms with van der Waals surface area (Å²) >= 11 is 7.32. The van der Waals surface area contributed by atoms with E-state index in [2.05, 4.69) is 14.8 Å². The van der Waals surface area contributed by atoms with Gasteiger partial charge in [-0.15, -0.1) is 16.4 Å². The summed E-state index contributed by atoms with van der Waals surface area (Å²) in [5, 5.41) is 6.87. The van der Waals surface area contributed by atoms with Crippen LogP contribution in [0.4, 0.5) is 5.95 Å². The molecule has 29 heavy (non-hydrogen) atoms. The van der Waals surface area contributed by atoms with Gasteiger partial charge in [-0.2, -0.15) is 4.98 Å². The van der Waals surface area contributed by atoms with Crippen molar-refractivity contribution in [2.45, 2.75) is 18.7 Å². The molecule has 4 aromatic rings. The highest BCUT2D eigenvalue weighted by Gasteiger charge is 2.23. The van der Waals surface area contributed by atoms with Crippen molar-refractivity contribution in [1.82, 2.24) is 14.6 Å². The molecule has 0 radical (unpaired) electrons. The van der Waals surface area contributed by atoms with E-state index < -0.39 is 10.0 Å². The molecule has 2 aromatic heterocycles. The van der Waals surface area contributed by atoms with Gasteiger partial charge in [0.2, 0.25) is 4.96 Å². The van der Waals surface area contributed by atoms with E-state index in [1.165, 1.54) is 18.4 Å². The lowest BCUT2D eigenvalue weighted by molar-refractivity contribution is 0.402. The molecule has 0 bridgehead atoms. The van der Waals surface area contributed by atoms with Crippen molar-refractivity contribution in [3.05, 3.63) is 57.9 Å². The Balaban J connectivity index is 1.71. The summed E-state index contributed by atoms with van der Waals surface area (Å²) in [6.45, 7) is 3.74. The van der Waals surface area contributed by atoms with Crippen LogP contribution in [-0.2, 0) is 10.0 Å². The van der Waals surface area contributed by atoms with Crippen molar-refractivity contribution in [3.8, 4) is 17.0 Å². The molecular weight excluding hydrogens is 432 g/mol. The van der Waals surface area contributed by atoms with Gasteiger partial charge in [0.05, 0.1) is 12.8 Å². The standard InChI is InChI=1S/C19H17ClN4O3S2/c1-11-8-16(27-3)17(9-12(11)2)29(25,26)23-18-21-19-24(22-18)15(10-28-19)13-4-6-14(20)7-5-13/h4-10H,1-3H3,(H,22,23). The smallest absolute Gasteiger partial charge is 0.267 e. The molecule has 0 saturated heterocycles. The maximum Gasteiger partial charge on any atom is 0.267 e. The van der Waals surface area contributed by atoms with Crippen molar-refractivity contribution >= 4 is 43.9 Å². The number of hydrogen-bond acceptors (Lipinski definition) is 6. The number of hydrogen-bond donors (Lipinski definition) is 1. The number of nitrogens with zero attached hydrogens (tertiary/aromatic N) is 3. The van der Waals surface area contributed by atoms with Crippen LogP contribution in [0, 0.1) is 13.8 Å². The van der Waals surface area contributed by atoms with Gasteiger partial charge in [-0.3, -0.25) is 0 Å². The fourth-order valence-corrected chi connectivity index (χ4v) is 4.98. The molecule has 2 heterocycles. The number of fused-ring (bicyclic) bond motifs is 1. The van der Waals surface area contributed by atoms with Crippen LogP contribution in [0.2, 0.25) is 5.02 Å². The Morgan fingerprint density at radius 1 is 1.14 bits per heavy atom. The van der Waals surface area contributed by atoms with Crippen molar-refractivity contribution in [2.75, 3.05) is 11.8 Å². The molecule has 0 atom stereocenters. The summed E-state index contributed by atoms with van der Waals surface area (Å²) < 4.78 is 35.2. The van der Waals surface area contributed by atoms with Crippen molar-refractivity contribution in [3.63, 3.8) is 0 Å². The summed E-state index contributed by atoms with van der Waals surface area (Å²) in [6.07, 6.45) is 0. The highest BCUT2D eigenvalue weighted by molar-refractivity contribution is 7.92. The van der Waals surface area contributed by atoms with Gasteiger partial charge < -0.3 is 4.74 Å². The van der Waals surface area contributed by atoms with Gasteiger partial charge >= 0.3 is 0 Å². The molecule has 0 saturated carbocycles. The topological polar surface area (TPSA) is 85.6 Å². The molecule has 150 valence electrons. The number of thiazole rings is 1. The minimum Gasteiger partial charge on any atom is -0.495 e. The number of aromatic nitrogens is 3. The predicted octanol–water partition coefficient (Wildman–Crippen LogP) is 4.54. The highest BCUT2D eigenvalue weighted by atomic mass is 35.5. The Labute approximate surface area is 177 Å². The highest BCUT2D eigenvalue weighted by Crippen LogP contribution is 2.30. The van der Waals surface area contributed by atoms with Gasteiger partial charge in [0.25, 0.3) is 16.0 Å². The average molecular weight is 449 g/mol. The van der Waals surface area contributed by atoms with Gasteiger partial charge in [-0.1, -0.05) is 23.7 Å². The van der Waals surface area contributed by atoms with Gasteiger partial charge in [0.1, 0.15) is 10.6 Å². The largest absolute Gasteiger partial charge is 0.495 e. The zero-order valence-electron chi connectivity index (χ0n) is 15.8. The number of anilines is 1. The van der Waals surface area contributed by atoms with E-state index >= 15 is 0 Å². The lowest BCUT2D eigenvalue weighted by Gasteiger charge is -2.12. The lowest BCUT2D eigenvalue weighted by atomic mass is 10.1. The van der Waals surface area contributed by atoms with E-state index in [0.717, 1.165) is 22.4 Å². The Bertz CT molecular complexity index is 1310. The quantitative estimate of drug-likeness (QED) is 0.484. The summed E-state index contributed by atoms with van der Waals surface area (Å²) in [7, 11) is -2.49. The third-order valence-corrected chi connectivity index (χ3v) is 6.93. The molecule has 10 heteroatoms. The zero-order valence-corrected chi connectivity index (χ0v) is 18.2. The van der Waals surface area contributed by atoms with E-state index in [0.29, 0.717) is 9.98 Å². The normalized spacial score (nSPS) is 11.7. The second-order valence-electron chi connectivity index (χ2n) is 6.45. The number of ether oxygens (including phenoxy) is 1. The van der Waals surface area contributed by atoms with Crippen LogP contribution in [0.25, 0.3) is 16.2 Å². The minimum absolute atomic E-state index is 0.00709. The van der Waals surface area contributed by atoms with Gasteiger partial charge in [0, 0.05) is 16.0 Å². The molecule has 0 amide bonds. The van der Waals surface area contributed by atoms with Gasteiger partial charge in [0.15, 0.2) is 0 Å². The Morgan fingerprint density at radius 2 is 1.83 bits per heavy atom. The van der Waals surface area contributed by atoms with Crippen molar-refractivity contribution in [2.24, 2.45) is 0 Å². The fraction of sp³-hybridized carbons (Fsp3) is 0.158. The first-order valence-electron chi connectivity index (χ1n) is 8.57. The number of sulfonamides is 1. The number of nitrogens with one attached hydrogen (secondary N) is 1. The van der Waals surface area contributed by atoms with Gasteiger partial charge in [-0.05, 0) is 49.2 Å². The first kappa shape index (κ1) is 19.7. The summed E-state index contributed by atoms with van der Waals surface area (Å²) in [4.78, 5) is 4.91. The van der Waals surface area contributed by atoms with E-state index in [9.17, 15) is 8.42 Å². The third kappa shape index (κ3) is 3.68. The van der Waals surface area contributed by atoms with E-state index in [-0.39, 0.29) is 16.6 Å². The maximum absolute atomic E-state index is 12.9. The number of halogens is 1. The molecule has 0 aliphatic carbocycles.